The summed E-state index contributed by atoms with van der Waals surface area (Å²) in [6.45, 7) is 9.14. The number of ether oxygens (including phenoxy) is 2. The Kier molecular flexibility index (Phi) is 9.33. The van der Waals surface area contributed by atoms with Gasteiger partial charge in [-0.15, -0.1) is 0 Å². The third kappa shape index (κ3) is 7.98. The van der Waals surface area contributed by atoms with E-state index in [-0.39, 0.29) is 0 Å². The van der Waals surface area contributed by atoms with Crippen molar-refractivity contribution in [1.29, 1.82) is 0 Å². The van der Waals surface area contributed by atoms with Crippen LogP contribution in [0, 0.1) is 0 Å². The molecular weight excluding hydrogens is 238 g/mol. The molecule has 0 aromatic heterocycles. The molecule has 0 aliphatic carbocycles. The third-order valence-electron chi connectivity index (χ3n) is 2.77. The summed E-state index contributed by atoms with van der Waals surface area (Å²) in [5.74, 6) is 0. The first-order valence-electron chi connectivity index (χ1n) is 7.30. The van der Waals surface area contributed by atoms with Crippen LogP contribution < -0.4 is 5.32 Å². The maximum absolute atomic E-state index is 5.56. The molecule has 1 N–H and O–H groups in total. The summed E-state index contributed by atoms with van der Waals surface area (Å²) in [7, 11) is 0. The first-order valence-corrected chi connectivity index (χ1v) is 7.30. The molecule has 0 aliphatic heterocycles. The van der Waals surface area contributed by atoms with Crippen molar-refractivity contribution in [3.05, 3.63) is 35.4 Å². The number of hydrogen-bond acceptors (Lipinski definition) is 3. The standard InChI is InChI=1S/C16H27NO2/c1-3-9-17-13-15-5-7-16(8-6-15)14-19-12-11-18-10-4-2/h5-8,17H,3-4,9-14H2,1-2H3. The summed E-state index contributed by atoms with van der Waals surface area (Å²) in [5, 5.41) is 3.39. The van der Waals surface area contributed by atoms with E-state index in [2.05, 4.69) is 43.4 Å². The van der Waals surface area contributed by atoms with E-state index in [1.54, 1.807) is 0 Å². The molecule has 19 heavy (non-hydrogen) atoms. The normalized spacial score (nSPS) is 10.8. The molecule has 3 nitrogen and oxygen atoms in total. The molecule has 108 valence electrons. The van der Waals surface area contributed by atoms with Crippen molar-refractivity contribution in [3.63, 3.8) is 0 Å². The summed E-state index contributed by atoms with van der Waals surface area (Å²) >= 11 is 0. The lowest BCUT2D eigenvalue weighted by Crippen LogP contribution is -2.13. The number of nitrogens with one attached hydrogen (secondary N) is 1. The topological polar surface area (TPSA) is 30.5 Å². The minimum atomic E-state index is 0.665. The van der Waals surface area contributed by atoms with Crippen molar-refractivity contribution in [2.75, 3.05) is 26.4 Å². The van der Waals surface area contributed by atoms with Crippen molar-refractivity contribution in [3.8, 4) is 0 Å². The summed E-state index contributed by atoms with van der Waals surface area (Å²) in [6.07, 6.45) is 2.24. The molecule has 0 saturated heterocycles. The summed E-state index contributed by atoms with van der Waals surface area (Å²) in [6, 6.07) is 8.59. The quantitative estimate of drug-likeness (QED) is 0.624. The molecule has 0 bridgehead atoms. The lowest BCUT2D eigenvalue weighted by Gasteiger charge is -2.07. The lowest BCUT2D eigenvalue weighted by molar-refractivity contribution is 0.0408. The van der Waals surface area contributed by atoms with Gasteiger partial charge in [-0.25, -0.2) is 0 Å². The van der Waals surface area contributed by atoms with Crippen LogP contribution >= 0.6 is 0 Å². The van der Waals surface area contributed by atoms with E-state index in [1.165, 1.54) is 17.5 Å². The van der Waals surface area contributed by atoms with Gasteiger partial charge in [0.2, 0.25) is 0 Å². The summed E-state index contributed by atoms with van der Waals surface area (Å²) in [4.78, 5) is 0. The van der Waals surface area contributed by atoms with E-state index in [1.807, 2.05) is 0 Å². The lowest BCUT2D eigenvalue weighted by atomic mass is 10.1. The number of rotatable bonds is 11. The molecule has 0 spiro atoms. The van der Waals surface area contributed by atoms with Gasteiger partial charge in [0.25, 0.3) is 0 Å². The zero-order valence-electron chi connectivity index (χ0n) is 12.3. The van der Waals surface area contributed by atoms with Crippen LogP contribution in [-0.2, 0) is 22.6 Å². The Hall–Kier alpha value is -0.900. The van der Waals surface area contributed by atoms with Crippen molar-refractivity contribution >= 4 is 0 Å². The first-order chi connectivity index (χ1) is 9.36. The maximum Gasteiger partial charge on any atom is 0.0718 e. The van der Waals surface area contributed by atoms with Gasteiger partial charge in [-0.1, -0.05) is 38.1 Å². The van der Waals surface area contributed by atoms with E-state index in [9.17, 15) is 0 Å². The van der Waals surface area contributed by atoms with Crippen LogP contribution in [0.4, 0.5) is 0 Å². The van der Waals surface area contributed by atoms with Crippen LogP contribution in [0.1, 0.15) is 37.8 Å². The second-order valence-electron chi connectivity index (χ2n) is 4.66. The number of benzene rings is 1. The van der Waals surface area contributed by atoms with E-state index >= 15 is 0 Å². The first kappa shape index (κ1) is 16.2. The SMILES string of the molecule is CCCNCc1ccc(COCCOCCC)cc1. The van der Waals surface area contributed by atoms with E-state index in [0.717, 1.165) is 26.1 Å². The molecule has 0 aliphatic rings. The van der Waals surface area contributed by atoms with Gasteiger partial charge in [-0.3, -0.25) is 0 Å². The zero-order valence-corrected chi connectivity index (χ0v) is 12.3. The zero-order chi connectivity index (χ0) is 13.8. The monoisotopic (exact) mass is 265 g/mol. The molecule has 1 aromatic rings. The van der Waals surface area contributed by atoms with E-state index in [0.29, 0.717) is 19.8 Å². The molecule has 0 amide bonds. The van der Waals surface area contributed by atoms with Crippen LogP contribution in [0.25, 0.3) is 0 Å². The molecule has 0 fully saturated rings. The van der Waals surface area contributed by atoms with E-state index < -0.39 is 0 Å². The Morgan fingerprint density at radius 1 is 0.842 bits per heavy atom. The van der Waals surface area contributed by atoms with Gasteiger partial charge >= 0.3 is 0 Å². The van der Waals surface area contributed by atoms with Crippen LogP contribution in [-0.4, -0.2) is 26.4 Å². The van der Waals surface area contributed by atoms with Crippen molar-refractivity contribution in [2.24, 2.45) is 0 Å². The molecule has 0 heterocycles. The maximum atomic E-state index is 5.56. The van der Waals surface area contributed by atoms with Gasteiger partial charge in [-0.05, 0) is 30.5 Å². The molecular formula is C16H27NO2. The predicted molar refractivity (Wildman–Crippen MR) is 79.2 cm³/mol. The smallest absolute Gasteiger partial charge is 0.0718 e. The Bertz CT molecular complexity index is 311. The van der Waals surface area contributed by atoms with Crippen molar-refractivity contribution in [1.82, 2.24) is 5.32 Å². The Balaban J connectivity index is 2.13. The molecule has 0 radical (unpaired) electrons. The minimum absolute atomic E-state index is 0.665. The highest BCUT2D eigenvalue weighted by Crippen LogP contribution is 2.05. The predicted octanol–water partition coefficient (Wildman–Crippen LogP) is 3.13. The highest BCUT2D eigenvalue weighted by molar-refractivity contribution is 5.21. The van der Waals surface area contributed by atoms with Crippen LogP contribution in [0.15, 0.2) is 24.3 Å². The Morgan fingerprint density at radius 2 is 1.53 bits per heavy atom. The largest absolute Gasteiger partial charge is 0.379 e. The van der Waals surface area contributed by atoms with Gasteiger partial charge in [-0.2, -0.15) is 0 Å². The minimum Gasteiger partial charge on any atom is -0.379 e. The van der Waals surface area contributed by atoms with E-state index in [4.69, 9.17) is 9.47 Å². The average molecular weight is 265 g/mol. The van der Waals surface area contributed by atoms with Crippen molar-refractivity contribution < 1.29 is 9.47 Å². The molecule has 0 saturated carbocycles. The fraction of sp³-hybridized carbons (Fsp3) is 0.625. The molecule has 3 heteroatoms. The molecule has 1 rings (SSSR count). The molecule has 0 atom stereocenters. The third-order valence-corrected chi connectivity index (χ3v) is 2.77. The van der Waals surface area contributed by atoms with Crippen LogP contribution in [0.2, 0.25) is 0 Å². The van der Waals surface area contributed by atoms with Crippen molar-refractivity contribution in [2.45, 2.75) is 39.8 Å². The average Bonchev–Trinajstić information content (AvgIpc) is 2.44. The second-order valence-corrected chi connectivity index (χ2v) is 4.66. The van der Waals surface area contributed by atoms with Gasteiger partial charge in [0.15, 0.2) is 0 Å². The highest BCUT2D eigenvalue weighted by atomic mass is 16.5. The van der Waals surface area contributed by atoms with Crippen LogP contribution in [0.3, 0.4) is 0 Å². The molecule has 0 unspecified atom stereocenters. The Morgan fingerprint density at radius 3 is 2.21 bits per heavy atom. The summed E-state index contributed by atoms with van der Waals surface area (Å²) in [5.41, 5.74) is 2.54. The highest BCUT2D eigenvalue weighted by Gasteiger charge is 1.96. The fourth-order valence-corrected chi connectivity index (χ4v) is 1.72. The van der Waals surface area contributed by atoms with Crippen LogP contribution in [0.5, 0.6) is 0 Å². The van der Waals surface area contributed by atoms with Gasteiger partial charge < -0.3 is 14.8 Å². The number of hydrogen-bond donors (Lipinski definition) is 1. The van der Waals surface area contributed by atoms with Gasteiger partial charge in [0.05, 0.1) is 19.8 Å². The fourth-order valence-electron chi connectivity index (χ4n) is 1.72. The Labute approximate surface area is 117 Å². The van der Waals surface area contributed by atoms with Gasteiger partial charge in [0, 0.05) is 13.2 Å². The molecule has 1 aromatic carbocycles. The van der Waals surface area contributed by atoms with Gasteiger partial charge in [0.1, 0.15) is 0 Å². The second kappa shape index (κ2) is 11.0. The summed E-state index contributed by atoms with van der Waals surface area (Å²) < 4.78 is 10.9.